The Morgan fingerprint density at radius 1 is 1.33 bits per heavy atom. The number of fused-ring (bicyclic) bond motifs is 1. The van der Waals surface area contributed by atoms with Crippen molar-refractivity contribution in [3.8, 4) is 0 Å². The maximum atomic E-state index is 12.3. The third-order valence-electron chi connectivity index (χ3n) is 4.82. The topological polar surface area (TPSA) is 49.8 Å². The number of aliphatic hydroxyl groups is 1. The average molecular weight is 370 g/mol. The van der Waals surface area contributed by atoms with Crippen LogP contribution in [-0.4, -0.2) is 34.9 Å². The van der Waals surface area contributed by atoms with Crippen molar-refractivity contribution in [2.75, 3.05) is 13.2 Å². The molecule has 1 amide bonds. The smallest absolute Gasteiger partial charge is 0.414 e. The van der Waals surface area contributed by atoms with Crippen LogP contribution in [0.15, 0.2) is 30.5 Å². The normalized spacial score (nSPS) is 28.5. The number of hydrogen-bond acceptors (Lipinski definition) is 3. The van der Waals surface area contributed by atoms with Gasteiger partial charge in [0.2, 0.25) is 0 Å². The number of amides is 1. The molecule has 1 saturated carbocycles. The van der Waals surface area contributed by atoms with Crippen molar-refractivity contribution in [3.63, 3.8) is 0 Å². The zero-order valence-electron chi connectivity index (χ0n) is 14.0. The minimum Gasteiger partial charge on any atom is -0.443 e. The Balaban J connectivity index is 1.89. The first-order valence-corrected chi connectivity index (χ1v) is 8.63. The lowest BCUT2D eigenvalue weighted by atomic mass is 9.84. The molecule has 1 heterocycles. The van der Waals surface area contributed by atoms with E-state index in [-0.39, 0.29) is 12.0 Å². The number of aliphatic hydroxyl groups excluding tert-OH is 1. The van der Waals surface area contributed by atoms with E-state index in [1.54, 1.807) is 12.3 Å². The third-order valence-corrected chi connectivity index (χ3v) is 5.56. The molecule has 6 heteroatoms. The van der Waals surface area contributed by atoms with Crippen LogP contribution in [0.2, 0.25) is 10.0 Å². The lowest BCUT2D eigenvalue weighted by Gasteiger charge is -2.33. The SMILES string of the molecule is CC(C)(C)OC(=O)N1C=CC2(c3ccc(Cl)c(Cl)c3)C[C@]2(CO)C1. The predicted molar refractivity (Wildman–Crippen MR) is 94.4 cm³/mol. The van der Waals surface area contributed by atoms with Crippen LogP contribution in [0.1, 0.15) is 32.8 Å². The van der Waals surface area contributed by atoms with Crippen LogP contribution in [0, 0.1) is 5.41 Å². The molecule has 0 aromatic heterocycles. The molecule has 4 nitrogen and oxygen atoms in total. The average Bonchev–Trinajstić information content (AvgIpc) is 3.18. The second-order valence-electron chi connectivity index (χ2n) is 7.64. The van der Waals surface area contributed by atoms with Crippen molar-refractivity contribution >= 4 is 29.3 Å². The Hall–Kier alpha value is -1.23. The highest BCUT2D eigenvalue weighted by Gasteiger charge is 2.68. The minimum absolute atomic E-state index is 0.0170. The molecule has 1 aromatic rings. The molecule has 1 N–H and O–H groups in total. The molecule has 2 atom stereocenters. The van der Waals surface area contributed by atoms with Crippen LogP contribution in [0.4, 0.5) is 4.79 Å². The summed E-state index contributed by atoms with van der Waals surface area (Å²) in [6.07, 6.45) is 4.07. The van der Waals surface area contributed by atoms with E-state index < -0.39 is 17.1 Å². The van der Waals surface area contributed by atoms with Crippen molar-refractivity contribution in [3.05, 3.63) is 46.1 Å². The van der Waals surface area contributed by atoms with E-state index >= 15 is 0 Å². The summed E-state index contributed by atoms with van der Waals surface area (Å²) >= 11 is 12.2. The summed E-state index contributed by atoms with van der Waals surface area (Å²) in [5, 5.41) is 11.0. The highest BCUT2D eigenvalue weighted by molar-refractivity contribution is 6.42. The molecule has 1 aromatic carbocycles. The van der Waals surface area contributed by atoms with Gasteiger partial charge in [0.1, 0.15) is 5.60 Å². The van der Waals surface area contributed by atoms with E-state index in [2.05, 4.69) is 0 Å². The highest BCUT2D eigenvalue weighted by atomic mass is 35.5. The highest BCUT2D eigenvalue weighted by Crippen LogP contribution is 2.67. The fourth-order valence-corrected chi connectivity index (χ4v) is 3.79. The molecule has 0 saturated heterocycles. The van der Waals surface area contributed by atoms with E-state index in [4.69, 9.17) is 27.9 Å². The van der Waals surface area contributed by atoms with E-state index in [1.807, 2.05) is 39.0 Å². The molecular formula is C18H21Cl2NO3. The number of allylic oxidation sites excluding steroid dienone is 1. The third kappa shape index (κ3) is 2.81. The Kier molecular flexibility index (Phi) is 4.14. The zero-order chi connectivity index (χ0) is 17.8. The van der Waals surface area contributed by atoms with E-state index in [0.717, 1.165) is 12.0 Å². The summed E-state index contributed by atoms with van der Waals surface area (Å²) < 4.78 is 5.42. The quantitative estimate of drug-likeness (QED) is 0.841. The number of carbonyl (C=O) groups is 1. The number of benzene rings is 1. The van der Waals surface area contributed by atoms with Crippen LogP contribution in [0.3, 0.4) is 0 Å². The summed E-state index contributed by atoms with van der Waals surface area (Å²) in [6.45, 7) is 5.89. The van der Waals surface area contributed by atoms with Crippen molar-refractivity contribution < 1.29 is 14.6 Å². The van der Waals surface area contributed by atoms with Crippen molar-refractivity contribution in [1.29, 1.82) is 0 Å². The largest absolute Gasteiger partial charge is 0.443 e. The number of carbonyl (C=O) groups excluding carboxylic acids is 1. The molecular weight excluding hydrogens is 349 g/mol. The lowest BCUT2D eigenvalue weighted by molar-refractivity contribution is 0.0260. The fraction of sp³-hybridized carbons (Fsp3) is 0.500. The van der Waals surface area contributed by atoms with E-state index in [1.165, 1.54) is 4.90 Å². The van der Waals surface area contributed by atoms with Gasteiger partial charge in [-0.1, -0.05) is 35.3 Å². The second kappa shape index (κ2) is 5.65. The van der Waals surface area contributed by atoms with Gasteiger partial charge in [0.15, 0.2) is 0 Å². The summed E-state index contributed by atoms with van der Waals surface area (Å²) in [7, 11) is 0. The molecule has 2 aliphatic rings. The van der Waals surface area contributed by atoms with Crippen LogP contribution in [0.25, 0.3) is 0 Å². The standard InChI is InChI=1S/C18H21Cl2NO3/c1-16(2,3)24-15(23)21-7-6-18(9-17(18,10-21)11-22)12-4-5-13(19)14(20)8-12/h4-8,22H,9-11H2,1-3H3/t17-,18?/m1/s1. The van der Waals surface area contributed by atoms with Gasteiger partial charge in [-0.15, -0.1) is 0 Å². The van der Waals surface area contributed by atoms with Gasteiger partial charge in [-0.3, -0.25) is 4.90 Å². The first-order valence-electron chi connectivity index (χ1n) is 7.88. The molecule has 0 radical (unpaired) electrons. The van der Waals surface area contributed by atoms with Crippen LogP contribution < -0.4 is 0 Å². The summed E-state index contributed by atoms with van der Waals surface area (Å²) in [5.74, 6) is 0. The van der Waals surface area contributed by atoms with Gasteiger partial charge in [0, 0.05) is 23.6 Å². The Bertz CT molecular complexity index is 713. The Morgan fingerprint density at radius 2 is 2.04 bits per heavy atom. The Labute approximate surface area is 152 Å². The van der Waals surface area contributed by atoms with Crippen LogP contribution in [0.5, 0.6) is 0 Å². The maximum absolute atomic E-state index is 12.3. The number of nitrogens with zero attached hydrogens (tertiary/aromatic N) is 1. The number of ether oxygens (including phenoxy) is 1. The zero-order valence-corrected chi connectivity index (χ0v) is 15.5. The maximum Gasteiger partial charge on any atom is 0.414 e. The van der Waals surface area contributed by atoms with Gasteiger partial charge in [-0.2, -0.15) is 0 Å². The van der Waals surface area contributed by atoms with Crippen molar-refractivity contribution in [2.45, 2.75) is 38.2 Å². The van der Waals surface area contributed by atoms with Crippen molar-refractivity contribution in [2.24, 2.45) is 5.41 Å². The van der Waals surface area contributed by atoms with Crippen LogP contribution in [-0.2, 0) is 10.2 Å². The van der Waals surface area contributed by atoms with Gasteiger partial charge >= 0.3 is 6.09 Å². The van der Waals surface area contributed by atoms with Gasteiger partial charge in [-0.25, -0.2) is 4.79 Å². The van der Waals surface area contributed by atoms with Gasteiger partial charge in [0.25, 0.3) is 0 Å². The van der Waals surface area contributed by atoms with Crippen molar-refractivity contribution in [1.82, 2.24) is 4.90 Å². The second-order valence-corrected chi connectivity index (χ2v) is 8.45. The molecule has 1 unspecified atom stereocenters. The number of hydrogen-bond donors (Lipinski definition) is 1. The van der Waals surface area contributed by atoms with E-state index in [9.17, 15) is 9.90 Å². The predicted octanol–water partition coefficient (Wildman–Crippen LogP) is 4.38. The van der Waals surface area contributed by atoms with Gasteiger partial charge in [0.05, 0.1) is 16.7 Å². The number of rotatable bonds is 2. The first kappa shape index (κ1) is 17.6. The summed E-state index contributed by atoms with van der Waals surface area (Å²) in [6, 6.07) is 5.54. The van der Waals surface area contributed by atoms with Gasteiger partial charge < -0.3 is 9.84 Å². The summed E-state index contributed by atoms with van der Waals surface area (Å²) in [5.41, 5.74) is -0.269. The molecule has 0 spiro atoms. The Morgan fingerprint density at radius 3 is 2.62 bits per heavy atom. The molecule has 0 bridgehead atoms. The lowest BCUT2D eigenvalue weighted by Crippen LogP contribution is -2.42. The van der Waals surface area contributed by atoms with Crippen LogP contribution >= 0.6 is 23.2 Å². The molecule has 3 rings (SSSR count). The molecule has 1 aliphatic heterocycles. The molecule has 130 valence electrons. The monoisotopic (exact) mass is 369 g/mol. The molecule has 1 aliphatic carbocycles. The summed E-state index contributed by atoms with van der Waals surface area (Å²) in [4.78, 5) is 13.8. The fourth-order valence-electron chi connectivity index (χ4n) is 3.49. The minimum atomic E-state index is -0.556. The number of halogens is 2. The van der Waals surface area contributed by atoms with Gasteiger partial charge in [-0.05, 0) is 44.9 Å². The molecule has 1 fully saturated rings. The first-order chi connectivity index (χ1) is 11.1. The van der Waals surface area contributed by atoms with E-state index in [0.29, 0.717) is 16.6 Å². The molecule has 24 heavy (non-hydrogen) atoms.